The van der Waals surface area contributed by atoms with Crippen LogP contribution in [0.2, 0.25) is 5.02 Å². The van der Waals surface area contributed by atoms with E-state index in [1.807, 2.05) is 6.92 Å². The molecule has 1 atom stereocenters. The molecule has 176 valence electrons. The van der Waals surface area contributed by atoms with Crippen LogP contribution in [0.5, 0.6) is 11.5 Å². The molecule has 1 aromatic heterocycles. The van der Waals surface area contributed by atoms with E-state index >= 15 is 0 Å². The molecule has 0 bridgehead atoms. The second kappa shape index (κ2) is 9.05. The number of thiazole rings is 1. The van der Waals surface area contributed by atoms with Crippen LogP contribution in [0.3, 0.4) is 0 Å². The first-order valence-electron chi connectivity index (χ1n) is 10.8. The Kier molecular flexibility index (Phi) is 5.92. The lowest BCUT2D eigenvalue weighted by atomic mass is 9.95. The molecule has 9 heteroatoms. The van der Waals surface area contributed by atoms with Crippen LogP contribution in [-0.4, -0.2) is 33.5 Å². The molecule has 4 aromatic rings. The van der Waals surface area contributed by atoms with Gasteiger partial charge in [-0.15, -0.1) is 0 Å². The van der Waals surface area contributed by atoms with Crippen LogP contribution in [-0.2, 0) is 9.59 Å². The lowest BCUT2D eigenvalue weighted by Gasteiger charge is -2.23. The normalized spacial score (nSPS) is 17.3. The lowest BCUT2D eigenvalue weighted by Crippen LogP contribution is -2.29. The van der Waals surface area contributed by atoms with Gasteiger partial charge in [-0.3, -0.25) is 14.5 Å². The molecule has 1 fully saturated rings. The smallest absolute Gasteiger partial charge is 0.301 e. The molecule has 1 saturated heterocycles. The zero-order valence-electron chi connectivity index (χ0n) is 18.4. The summed E-state index contributed by atoms with van der Waals surface area (Å²) in [4.78, 5) is 32.4. The zero-order chi connectivity index (χ0) is 24.7. The minimum absolute atomic E-state index is 0.0368. The van der Waals surface area contributed by atoms with Crippen LogP contribution >= 0.6 is 22.9 Å². The highest BCUT2D eigenvalue weighted by Gasteiger charge is 2.48. The Balaban J connectivity index is 1.69. The summed E-state index contributed by atoms with van der Waals surface area (Å²) in [5.41, 5.74) is 1.33. The zero-order valence-corrected chi connectivity index (χ0v) is 20.0. The number of amides is 1. The van der Waals surface area contributed by atoms with Crippen LogP contribution in [0.15, 0.2) is 72.3 Å². The number of anilines is 1. The maximum Gasteiger partial charge on any atom is 0.301 e. The maximum atomic E-state index is 13.3. The molecule has 7 nitrogen and oxygen atoms in total. The van der Waals surface area contributed by atoms with Crippen molar-refractivity contribution in [3.8, 4) is 11.5 Å². The van der Waals surface area contributed by atoms with Gasteiger partial charge in [0.2, 0.25) is 0 Å². The summed E-state index contributed by atoms with van der Waals surface area (Å²) in [6, 6.07) is 17.0. The molecule has 0 saturated carbocycles. The highest BCUT2D eigenvalue weighted by molar-refractivity contribution is 7.22. The fraction of sp³-hybridized carbons (Fsp3) is 0.115. The van der Waals surface area contributed by atoms with Gasteiger partial charge >= 0.3 is 5.91 Å². The Morgan fingerprint density at radius 3 is 2.60 bits per heavy atom. The highest BCUT2D eigenvalue weighted by Crippen LogP contribution is 2.45. The summed E-state index contributed by atoms with van der Waals surface area (Å²) < 4.78 is 6.19. The number of nitrogens with zero attached hydrogens (tertiary/aromatic N) is 2. The van der Waals surface area contributed by atoms with Crippen molar-refractivity contribution in [2.24, 2.45) is 0 Å². The number of carbonyl (C=O) groups is 2. The molecule has 1 unspecified atom stereocenters. The van der Waals surface area contributed by atoms with Gasteiger partial charge in [-0.05, 0) is 67.1 Å². The lowest BCUT2D eigenvalue weighted by molar-refractivity contribution is -0.132. The summed E-state index contributed by atoms with van der Waals surface area (Å²) in [7, 11) is 0. The first-order valence-corrected chi connectivity index (χ1v) is 12.0. The number of hydrogen-bond acceptors (Lipinski definition) is 7. The second-order valence-corrected chi connectivity index (χ2v) is 9.28. The van der Waals surface area contributed by atoms with E-state index in [0.717, 1.165) is 4.70 Å². The van der Waals surface area contributed by atoms with Crippen molar-refractivity contribution in [3.63, 3.8) is 0 Å². The third-order valence-corrected chi connectivity index (χ3v) is 6.87. The van der Waals surface area contributed by atoms with Crippen molar-refractivity contribution in [1.29, 1.82) is 0 Å². The first-order chi connectivity index (χ1) is 16.9. The number of aromatic nitrogens is 1. The number of carbonyl (C=O) groups excluding carboxylic acids is 2. The predicted octanol–water partition coefficient (Wildman–Crippen LogP) is 5.68. The van der Waals surface area contributed by atoms with Gasteiger partial charge in [-0.25, -0.2) is 4.98 Å². The fourth-order valence-electron chi connectivity index (χ4n) is 4.06. The molecule has 1 aliphatic heterocycles. The van der Waals surface area contributed by atoms with E-state index in [9.17, 15) is 19.8 Å². The van der Waals surface area contributed by atoms with Crippen molar-refractivity contribution >= 4 is 55.7 Å². The third kappa shape index (κ3) is 4.11. The number of hydrogen-bond donors (Lipinski definition) is 2. The molecule has 35 heavy (non-hydrogen) atoms. The number of halogens is 1. The Bertz CT molecular complexity index is 1500. The van der Waals surface area contributed by atoms with Crippen LogP contribution in [0, 0.1) is 0 Å². The van der Waals surface area contributed by atoms with Crippen molar-refractivity contribution < 1.29 is 24.5 Å². The Labute approximate surface area is 209 Å². The summed E-state index contributed by atoms with van der Waals surface area (Å²) in [5, 5.41) is 22.1. The van der Waals surface area contributed by atoms with Crippen molar-refractivity contribution in [3.05, 3.63) is 88.5 Å². The van der Waals surface area contributed by atoms with E-state index in [1.54, 1.807) is 54.6 Å². The van der Waals surface area contributed by atoms with E-state index < -0.39 is 17.7 Å². The highest BCUT2D eigenvalue weighted by atomic mass is 35.5. The molecule has 2 heterocycles. The first kappa shape index (κ1) is 22.9. The van der Waals surface area contributed by atoms with Crippen LogP contribution in [0.1, 0.15) is 24.1 Å². The molecular weight excluding hydrogens is 488 g/mol. The summed E-state index contributed by atoms with van der Waals surface area (Å²) >= 11 is 7.32. The van der Waals surface area contributed by atoms with E-state index in [0.29, 0.717) is 34.0 Å². The summed E-state index contributed by atoms with van der Waals surface area (Å²) in [5.74, 6) is -1.42. The Hall–Kier alpha value is -3.88. The van der Waals surface area contributed by atoms with Gasteiger partial charge in [-0.1, -0.05) is 35.1 Å². The van der Waals surface area contributed by atoms with Crippen molar-refractivity contribution in [1.82, 2.24) is 4.98 Å². The largest absolute Gasteiger partial charge is 0.508 e. The number of phenolic OH excluding ortho intramolecular Hbond substituents is 1. The van der Waals surface area contributed by atoms with Gasteiger partial charge in [-0.2, -0.15) is 0 Å². The Morgan fingerprint density at radius 2 is 1.89 bits per heavy atom. The second-order valence-electron chi connectivity index (χ2n) is 7.83. The van der Waals surface area contributed by atoms with Crippen LogP contribution in [0.25, 0.3) is 16.0 Å². The molecule has 1 aliphatic rings. The minimum Gasteiger partial charge on any atom is -0.508 e. The fourth-order valence-corrected chi connectivity index (χ4v) is 5.33. The SMILES string of the molecule is CCOc1ccc(/C(O)=C2\C(=O)C(=O)N(c3nc4ccc(Cl)cc4s3)C2c2cccc(O)c2)cc1. The topological polar surface area (TPSA) is 100.0 Å². The monoisotopic (exact) mass is 506 g/mol. The van der Waals surface area contributed by atoms with E-state index in [2.05, 4.69) is 4.98 Å². The quantitative estimate of drug-likeness (QED) is 0.205. The van der Waals surface area contributed by atoms with Crippen LogP contribution in [0.4, 0.5) is 5.13 Å². The van der Waals surface area contributed by atoms with E-state index in [4.69, 9.17) is 16.3 Å². The summed E-state index contributed by atoms with van der Waals surface area (Å²) in [6.07, 6.45) is 0. The van der Waals surface area contributed by atoms with Gasteiger partial charge in [0.25, 0.3) is 5.78 Å². The number of aliphatic hydroxyl groups is 1. The number of aliphatic hydroxyl groups excluding tert-OH is 1. The molecular formula is C26H19ClN2O5S. The van der Waals surface area contributed by atoms with Gasteiger partial charge in [0.15, 0.2) is 5.13 Å². The number of Topliss-reactive ketones (excluding diaryl/α,β-unsaturated/α-hetero) is 1. The molecule has 0 radical (unpaired) electrons. The van der Waals surface area contributed by atoms with E-state index in [-0.39, 0.29) is 22.2 Å². The van der Waals surface area contributed by atoms with Gasteiger partial charge in [0.1, 0.15) is 17.3 Å². The molecule has 2 N–H and O–H groups in total. The number of phenols is 1. The van der Waals surface area contributed by atoms with E-state index in [1.165, 1.54) is 28.4 Å². The number of aromatic hydroxyl groups is 1. The van der Waals surface area contributed by atoms with Crippen molar-refractivity contribution in [2.75, 3.05) is 11.5 Å². The molecule has 0 aliphatic carbocycles. The average molecular weight is 507 g/mol. The van der Waals surface area contributed by atoms with Gasteiger partial charge < -0.3 is 14.9 Å². The maximum absolute atomic E-state index is 13.3. The van der Waals surface area contributed by atoms with Crippen molar-refractivity contribution in [2.45, 2.75) is 13.0 Å². The number of rotatable bonds is 5. The average Bonchev–Trinajstić information content (AvgIpc) is 3.37. The van der Waals surface area contributed by atoms with Crippen LogP contribution < -0.4 is 9.64 Å². The molecule has 5 rings (SSSR count). The number of fused-ring (bicyclic) bond motifs is 1. The molecule has 3 aromatic carbocycles. The molecule has 1 amide bonds. The van der Waals surface area contributed by atoms with Gasteiger partial charge in [0, 0.05) is 10.6 Å². The van der Waals surface area contributed by atoms with Gasteiger partial charge in [0.05, 0.1) is 28.4 Å². The Morgan fingerprint density at radius 1 is 1.11 bits per heavy atom. The number of ketones is 1. The third-order valence-electron chi connectivity index (χ3n) is 5.61. The minimum atomic E-state index is -0.996. The standard InChI is InChI=1S/C26H19ClN2O5S/c1-2-34-18-9-6-14(7-10-18)23(31)21-22(15-4-3-5-17(30)12-15)29(25(33)24(21)32)26-28-19-11-8-16(27)13-20(19)35-26/h3-13,22,30-31H,2H2,1H3/b23-21+. The number of benzene rings is 3. The summed E-state index contributed by atoms with van der Waals surface area (Å²) in [6.45, 7) is 2.35. The number of ether oxygens (including phenoxy) is 1. The molecule has 0 spiro atoms. The predicted molar refractivity (Wildman–Crippen MR) is 135 cm³/mol.